The normalized spacial score (nSPS) is 19.7. The van der Waals surface area contributed by atoms with Crippen LogP contribution in [0.5, 0.6) is 0 Å². The van der Waals surface area contributed by atoms with Crippen molar-refractivity contribution < 1.29 is 24.2 Å². The highest BCUT2D eigenvalue weighted by Crippen LogP contribution is 2.44. The maximum Gasteiger partial charge on any atom is 0.407 e. The van der Waals surface area contributed by atoms with Gasteiger partial charge in [0.2, 0.25) is 5.91 Å². The van der Waals surface area contributed by atoms with E-state index in [2.05, 4.69) is 34.9 Å². The Labute approximate surface area is 199 Å². The van der Waals surface area contributed by atoms with E-state index in [1.807, 2.05) is 31.2 Å². The molecule has 2 aliphatic carbocycles. The fourth-order valence-corrected chi connectivity index (χ4v) is 5.28. The largest absolute Gasteiger partial charge is 0.481 e. The molecule has 1 fully saturated rings. The molecule has 0 heterocycles. The summed E-state index contributed by atoms with van der Waals surface area (Å²) in [5.41, 5.74) is 4.59. The maximum atomic E-state index is 12.8. The van der Waals surface area contributed by atoms with Crippen molar-refractivity contribution >= 4 is 18.0 Å². The number of amides is 2. The predicted molar refractivity (Wildman–Crippen MR) is 128 cm³/mol. The lowest BCUT2D eigenvalue weighted by atomic mass is 9.98. The molecule has 3 atom stereocenters. The van der Waals surface area contributed by atoms with Crippen molar-refractivity contribution in [2.45, 2.75) is 63.5 Å². The molecule has 2 amide bonds. The highest BCUT2D eigenvalue weighted by Gasteiger charge is 2.31. The second kappa shape index (κ2) is 10.7. The summed E-state index contributed by atoms with van der Waals surface area (Å²) in [5.74, 6) is -1.00. The topological polar surface area (TPSA) is 105 Å². The number of fused-ring (bicyclic) bond motifs is 3. The van der Waals surface area contributed by atoms with Crippen molar-refractivity contribution in [1.82, 2.24) is 10.6 Å². The van der Waals surface area contributed by atoms with Crippen LogP contribution in [0, 0.1) is 5.92 Å². The number of carbonyl (C=O) groups excluding carboxylic acids is 2. The first-order chi connectivity index (χ1) is 16.5. The molecule has 4 rings (SSSR count). The number of ether oxygens (including phenoxy) is 1. The molecule has 0 bridgehead atoms. The highest BCUT2D eigenvalue weighted by molar-refractivity contribution is 5.86. The third-order valence-corrected chi connectivity index (χ3v) is 6.88. The number of hydrogen-bond donors (Lipinski definition) is 3. The van der Waals surface area contributed by atoms with Crippen LogP contribution in [0.2, 0.25) is 0 Å². The lowest BCUT2D eigenvalue weighted by Crippen LogP contribution is -2.49. The number of alkyl carbamates (subject to hydrolysis) is 1. The predicted octanol–water partition coefficient (Wildman–Crippen LogP) is 4.45. The Morgan fingerprint density at radius 2 is 1.68 bits per heavy atom. The van der Waals surface area contributed by atoms with Crippen LogP contribution in [0.3, 0.4) is 0 Å². The molecular formula is C27H32N2O5. The van der Waals surface area contributed by atoms with Gasteiger partial charge in [0, 0.05) is 18.4 Å². The van der Waals surface area contributed by atoms with Crippen LogP contribution in [0.1, 0.15) is 62.5 Å². The van der Waals surface area contributed by atoms with Crippen LogP contribution in [0.25, 0.3) is 11.1 Å². The monoisotopic (exact) mass is 464 g/mol. The molecule has 7 nitrogen and oxygen atoms in total. The zero-order valence-corrected chi connectivity index (χ0v) is 19.5. The fraction of sp³-hybridized carbons (Fsp3) is 0.444. The van der Waals surface area contributed by atoms with Gasteiger partial charge in [0.15, 0.2) is 0 Å². The molecule has 2 aromatic carbocycles. The van der Waals surface area contributed by atoms with E-state index in [0.717, 1.165) is 41.5 Å². The van der Waals surface area contributed by atoms with Gasteiger partial charge in [-0.3, -0.25) is 9.59 Å². The van der Waals surface area contributed by atoms with Crippen LogP contribution in [0.4, 0.5) is 4.79 Å². The van der Waals surface area contributed by atoms with Gasteiger partial charge in [-0.25, -0.2) is 4.79 Å². The number of carboxylic acids is 1. The number of carbonyl (C=O) groups is 3. The number of hydrogen-bond acceptors (Lipinski definition) is 4. The van der Waals surface area contributed by atoms with Crippen molar-refractivity contribution in [2.24, 2.45) is 5.92 Å². The summed E-state index contributed by atoms with van der Waals surface area (Å²) >= 11 is 0. The van der Waals surface area contributed by atoms with Crippen LogP contribution >= 0.6 is 0 Å². The van der Waals surface area contributed by atoms with Crippen LogP contribution < -0.4 is 10.6 Å². The molecule has 2 aromatic rings. The Morgan fingerprint density at radius 3 is 2.29 bits per heavy atom. The van der Waals surface area contributed by atoms with Crippen molar-refractivity contribution in [2.75, 3.05) is 6.61 Å². The Balaban J connectivity index is 1.33. The van der Waals surface area contributed by atoms with E-state index in [9.17, 15) is 14.4 Å². The van der Waals surface area contributed by atoms with E-state index < -0.39 is 18.1 Å². The summed E-state index contributed by atoms with van der Waals surface area (Å²) in [4.78, 5) is 36.4. The molecule has 0 spiro atoms. The minimum Gasteiger partial charge on any atom is -0.481 e. The lowest BCUT2D eigenvalue weighted by Gasteiger charge is -2.21. The summed E-state index contributed by atoms with van der Waals surface area (Å²) in [6.07, 6.45) is 2.95. The standard InChI is InChI=1S/C27H32N2O5/c1-2-7-24(26(32)28-18-13-12-17(14-18)15-25(30)31)29-27(33)34-16-23-21-10-5-3-8-19(21)20-9-4-6-11-22(20)23/h3-6,8-11,17-18,23-24H,2,7,12-16H2,1H3,(H,28,32)(H,29,33)(H,30,31)/t17-,18+,24?/m0/s1. The minimum absolute atomic E-state index is 0.0405. The van der Waals surface area contributed by atoms with Gasteiger partial charge >= 0.3 is 12.1 Å². The average molecular weight is 465 g/mol. The van der Waals surface area contributed by atoms with Crippen LogP contribution in [0.15, 0.2) is 48.5 Å². The molecule has 7 heteroatoms. The number of nitrogens with one attached hydrogen (secondary N) is 2. The molecule has 0 aromatic heterocycles. The zero-order chi connectivity index (χ0) is 24.1. The third kappa shape index (κ3) is 5.41. The highest BCUT2D eigenvalue weighted by atomic mass is 16.5. The lowest BCUT2D eigenvalue weighted by molar-refractivity contribution is -0.138. The van der Waals surface area contributed by atoms with Crippen molar-refractivity contribution in [3.8, 4) is 11.1 Å². The Morgan fingerprint density at radius 1 is 1.03 bits per heavy atom. The van der Waals surface area contributed by atoms with E-state index in [1.54, 1.807) is 0 Å². The molecule has 0 saturated heterocycles. The van der Waals surface area contributed by atoms with Gasteiger partial charge in [-0.15, -0.1) is 0 Å². The molecule has 0 aliphatic heterocycles. The molecule has 34 heavy (non-hydrogen) atoms. The summed E-state index contributed by atoms with van der Waals surface area (Å²) in [5, 5.41) is 14.7. The van der Waals surface area contributed by atoms with Gasteiger partial charge in [-0.2, -0.15) is 0 Å². The summed E-state index contributed by atoms with van der Waals surface area (Å²) in [7, 11) is 0. The molecule has 3 N–H and O–H groups in total. The first kappa shape index (κ1) is 23.8. The Bertz CT molecular complexity index is 1010. The Kier molecular flexibility index (Phi) is 7.50. The summed E-state index contributed by atoms with van der Waals surface area (Å²) < 4.78 is 5.60. The smallest absolute Gasteiger partial charge is 0.407 e. The molecule has 1 unspecified atom stereocenters. The van der Waals surface area contributed by atoms with Gasteiger partial charge < -0.3 is 20.5 Å². The third-order valence-electron chi connectivity index (χ3n) is 6.88. The van der Waals surface area contributed by atoms with E-state index in [0.29, 0.717) is 12.8 Å². The van der Waals surface area contributed by atoms with Crippen molar-refractivity contribution in [3.05, 3.63) is 59.7 Å². The second-order valence-electron chi connectivity index (χ2n) is 9.29. The molecule has 180 valence electrons. The van der Waals surface area contributed by atoms with Gasteiger partial charge in [-0.1, -0.05) is 61.9 Å². The minimum atomic E-state index is -0.808. The Hall–Kier alpha value is -3.35. The van der Waals surface area contributed by atoms with E-state index in [-0.39, 0.29) is 36.8 Å². The van der Waals surface area contributed by atoms with Gasteiger partial charge in [0.05, 0.1) is 0 Å². The van der Waals surface area contributed by atoms with Crippen molar-refractivity contribution in [1.29, 1.82) is 0 Å². The number of rotatable bonds is 9. The number of carboxylic acid groups (broad SMARTS) is 1. The SMILES string of the molecule is CCCC(NC(=O)OCC1c2ccccc2-c2ccccc21)C(=O)N[C@@H]1CC[C@H](CC(=O)O)C1. The van der Waals surface area contributed by atoms with Gasteiger partial charge in [0.25, 0.3) is 0 Å². The maximum absolute atomic E-state index is 12.8. The summed E-state index contributed by atoms with van der Waals surface area (Å²) in [6, 6.07) is 15.6. The first-order valence-corrected chi connectivity index (χ1v) is 12.1. The second-order valence-corrected chi connectivity index (χ2v) is 9.29. The van der Waals surface area contributed by atoms with E-state index in [4.69, 9.17) is 9.84 Å². The van der Waals surface area contributed by atoms with Crippen molar-refractivity contribution in [3.63, 3.8) is 0 Å². The fourth-order valence-electron chi connectivity index (χ4n) is 5.28. The van der Waals surface area contributed by atoms with E-state index >= 15 is 0 Å². The quantitative estimate of drug-likeness (QED) is 0.508. The summed E-state index contributed by atoms with van der Waals surface area (Å²) in [6.45, 7) is 2.15. The molecule has 1 saturated carbocycles. The van der Waals surface area contributed by atoms with Gasteiger partial charge in [-0.05, 0) is 53.9 Å². The number of aliphatic carboxylic acids is 1. The molecule has 2 aliphatic rings. The zero-order valence-electron chi connectivity index (χ0n) is 19.5. The van der Waals surface area contributed by atoms with Gasteiger partial charge in [0.1, 0.15) is 12.6 Å². The molecule has 0 radical (unpaired) electrons. The van der Waals surface area contributed by atoms with Crippen LogP contribution in [-0.2, 0) is 14.3 Å². The average Bonchev–Trinajstić information content (AvgIpc) is 3.38. The van der Waals surface area contributed by atoms with Crippen LogP contribution in [-0.4, -0.2) is 41.8 Å². The number of benzene rings is 2. The first-order valence-electron chi connectivity index (χ1n) is 12.1. The van der Waals surface area contributed by atoms with E-state index in [1.165, 1.54) is 0 Å². The molecular weight excluding hydrogens is 432 g/mol.